The van der Waals surface area contributed by atoms with E-state index < -0.39 is 10.8 Å². The highest BCUT2D eigenvalue weighted by atomic mass is 79.9. The van der Waals surface area contributed by atoms with Crippen molar-refractivity contribution >= 4 is 45.2 Å². The molecule has 3 rings (SSSR count). The Morgan fingerprint density at radius 2 is 1.85 bits per heavy atom. The number of nitrogens with zero attached hydrogens (tertiary/aromatic N) is 2. The van der Waals surface area contributed by atoms with Gasteiger partial charge in [-0.05, 0) is 63.0 Å². The lowest BCUT2D eigenvalue weighted by molar-refractivity contribution is -0.384. The predicted molar refractivity (Wildman–Crippen MR) is 128 cm³/mol. The molecule has 0 saturated heterocycles. The van der Waals surface area contributed by atoms with E-state index in [1.54, 1.807) is 24.3 Å². The number of nitro groups is 1. The number of hydrogen-bond donors (Lipinski definition) is 1. The van der Waals surface area contributed by atoms with Gasteiger partial charge >= 0.3 is 0 Å². The number of benzene rings is 3. The van der Waals surface area contributed by atoms with Gasteiger partial charge in [-0.25, -0.2) is 0 Å². The zero-order valence-electron chi connectivity index (χ0n) is 17.1. The summed E-state index contributed by atoms with van der Waals surface area (Å²) < 4.78 is 6.29. The molecular weight excluding hydrogens is 510 g/mol. The number of carbonyl (C=O) groups excluding carboxylic acids is 1. The number of hydrogen-bond acceptors (Lipinski definition) is 5. The third-order valence-electron chi connectivity index (χ3n) is 4.52. The summed E-state index contributed by atoms with van der Waals surface area (Å²) in [7, 11) is 0. The molecule has 0 aromatic heterocycles. The van der Waals surface area contributed by atoms with Crippen LogP contribution in [-0.2, 0) is 17.9 Å². The summed E-state index contributed by atoms with van der Waals surface area (Å²) in [5.41, 5.74) is 2.13. The molecule has 166 valence electrons. The van der Waals surface area contributed by atoms with Crippen LogP contribution >= 0.6 is 27.5 Å². The first-order valence-electron chi connectivity index (χ1n) is 9.66. The number of nitriles is 1. The van der Waals surface area contributed by atoms with Gasteiger partial charge in [0.1, 0.15) is 18.2 Å². The zero-order valence-corrected chi connectivity index (χ0v) is 19.5. The summed E-state index contributed by atoms with van der Waals surface area (Å²) in [5, 5.41) is 23.2. The molecule has 0 aliphatic heterocycles. The average Bonchev–Trinajstić information content (AvgIpc) is 2.81. The van der Waals surface area contributed by atoms with Gasteiger partial charge < -0.3 is 10.1 Å². The van der Waals surface area contributed by atoms with Crippen molar-refractivity contribution in [3.05, 3.63) is 109 Å². The minimum atomic E-state index is -0.493. The number of nitro benzene ring substituents is 1. The number of nitrogens with one attached hydrogen (secondary N) is 1. The summed E-state index contributed by atoms with van der Waals surface area (Å²) in [6, 6.07) is 20.5. The Balaban J connectivity index is 1.69. The molecule has 3 aromatic rings. The Bertz CT molecular complexity index is 1220. The molecule has 0 atom stereocenters. The van der Waals surface area contributed by atoms with Crippen molar-refractivity contribution in [3.8, 4) is 11.8 Å². The van der Waals surface area contributed by atoms with Crippen molar-refractivity contribution in [2.75, 3.05) is 0 Å². The first-order valence-corrected chi connectivity index (χ1v) is 10.8. The Morgan fingerprint density at radius 1 is 1.15 bits per heavy atom. The Labute approximate surface area is 203 Å². The van der Waals surface area contributed by atoms with Gasteiger partial charge in [0, 0.05) is 18.7 Å². The van der Waals surface area contributed by atoms with Crippen LogP contribution in [0.5, 0.6) is 5.75 Å². The normalized spacial score (nSPS) is 10.9. The fraction of sp³-hybridized carbons (Fsp3) is 0.0833. The molecule has 0 heterocycles. The van der Waals surface area contributed by atoms with Crippen molar-refractivity contribution in [1.29, 1.82) is 5.26 Å². The highest BCUT2D eigenvalue weighted by Crippen LogP contribution is 2.35. The smallest absolute Gasteiger partial charge is 0.269 e. The summed E-state index contributed by atoms with van der Waals surface area (Å²) in [4.78, 5) is 22.7. The number of non-ortho nitro benzene ring substituents is 1. The number of rotatable bonds is 8. The second-order valence-electron chi connectivity index (χ2n) is 6.86. The Kier molecular flexibility index (Phi) is 8.19. The third kappa shape index (κ3) is 6.65. The van der Waals surface area contributed by atoms with Crippen LogP contribution < -0.4 is 10.1 Å². The SMILES string of the molecule is N#C/C(=C/c1cc(Cl)c(OCc2ccc([N+](=O)[O-])cc2)c(Br)c1)C(=O)NCc1ccccc1. The molecule has 33 heavy (non-hydrogen) atoms. The fourth-order valence-corrected chi connectivity index (χ4v) is 3.85. The van der Waals surface area contributed by atoms with Gasteiger partial charge in [-0.15, -0.1) is 0 Å². The van der Waals surface area contributed by atoms with Crippen molar-refractivity contribution < 1.29 is 14.5 Å². The van der Waals surface area contributed by atoms with Gasteiger partial charge in [-0.3, -0.25) is 14.9 Å². The van der Waals surface area contributed by atoms with Crippen LogP contribution in [0.25, 0.3) is 6.08 Å². The molecule has 9 heteroatoms. The molecule has 7 nitrogen and oxygen atoms in total. The maximum absolute atomic E-state index is 12.4. The van der Waals surface area contributed by atoms with Crippen LogP contribution in [0.4, 0.5) is 5.69 Å². The van der Waals surface area contributed by atoms with E-state index in [9.17, 15) is 20.2 Å². The maximum Gasteiger partial charge on any atom is 0.269 e. The average molecular weight is 527 g/mol. The monoisotopic (exact) mass is 525 g/mol. The van der Waals surface area contributed by atoms with E-state index in [1.807, 2.05) is 36.4 Å². The summed E-state index contributed by atoms with van der Waals surface area (Å²) in [6.07, 6.45) is 1.44. The Morgan fingerprint density at radius 3 is 2.45 bits per heavy atom. The van der Waals surface area contributed by atoms with Crippen LogP contribution in [-0.4, -0.2) is 10.8 Å². The van der Waals surface area contributed by atoms with Gasteiger partial charge in [0.05, 0.1) is 14.4 Å². The fourth-order valence-electron chi connectivity index (χ4n) is 2.86. The first kappa shape index (κ1) is 24.0. The van der Waals surface area contributed by atoms with E-state index in [0.717, 1.165) is 11.1 Å². The van der Waals surface area contributed by atoms with E-state index >= 15 is 0 Å². The lowest BCUT2D eigenvalue weighted by atomic mass is 10.1. The third-order valence-corrected chi connectivity index (χ3v) is 5.39. The number of carbonyl (C=O) groups is 1. The van der Waals surface area contributed by atoms with Crippen molar-refractivity contribution in [2.45, 2.75) is 13.2 Å². The van der Waals surface area contributed by atoms with Crippen LogP contribution in [0.15, 0.2) is 76.8 Å². The van der Waals surface area contributed by atoms with Crippen LogP contribution in [0.1, 0.15) is 16.7 Å². The molecule has 0 fully saturated rings. The Hall–Kier alpha value is -3.67. The number of ether oxygens (including phenoxy) is 1. The molecule has 0 bridgehead atoms. The summed E-state index contributed by atoms with van der Waals surface area (Å²) in [5.74, 6) is -0.119. The van der Waals surface area contributed by atoms with Gasteiger partial charge in [-0.2, -0.15) is 5.26 Å². The predicted octanol–water partition coefficient (Wildman–Crippen LogP) is 5.81. The highest BCUT2D eigenvalue weighted by molar-refractivity contribution is 9.10. The minimum Gasteiger partial charge on any atom is -0.486 e. The number of halogens is 2. The molecular formula is C24H17BrClN3O4. The standard InChI is InChI=1S/C24H17BrClN3O4/c25-21-11-18(10-19(13-27)24(30)28-14-16-4-2-1-3-5-16)12-22(26)23(21)33-15-17-6-8-20(9-7-17)29(31)32/h1-12H,14-15H2,(H,28,30)/b19-10-. The zero-order chi connectivity index (χ0) is 23.8. The van der Waals surface area contributed by atoms with E-state index in [0.29, 0.717) is 22.3 Å². The van der Waals surface area contributed by atoms with E-state index in [1.165, 1.54) is 18.2 Å². The van der Waals surface area contributed by atoms with Gasteiger partial charge in [0.2, 0.25) is 0 Å². The molecule has 3 aromatic carbocycles. The second-order valence-corrected chi connectivity index (χ2v) is 8.13. The molecule has 1 N–H and O–H groups in total. The van der Waals surface area contributed by atoms with Crippen LogP contribution in [0, 0.1) is 21.4 Å². The first-order chi connectivity index (χ1) is 15.9. The molecule has 0 aliphatic carbocycles. The van der Waals surface area contributed by atoms with Gasteiger partial charge in [0.15, 0.2) is 5.75 Å². The van der Waals surface area contributed by atoms with E-state index in [-0.39, 0.29) is 22.9 Å². The second kappa shape index (κ2) is 11.3. The highest BCUT2D eigenvalue weighted by Gasteiger charge is 2.13. The molecule has 0 aliphatic rings. The lowest BCUT2D eigenvalue weighted by Gasteiger charge is -2.11. The maximum atomic E-state index is 12.4. The van der Waals surface area contributed by atoms with Crippen molar-refractivity contribution in [3.63, 3.8) is 0 Å². The van der Waals surface area contributed by atoms with Crippen LogP contribution in [0.2, 0.25) is 5.02 Å². The van der Waals surface area contributed by atoms with E-state index in [2.05, 4.69) is 21.2 Å². The summed E-state index contributed by atoms with van der Waals surface area (Å²) >= 11 is 9.76. The van der Waals surface area contributed by atoms with Crippen LogP contribution in [0.3, 0.4) is 0 Å². The lowest BCUT2D eigenvalue weighted by Crippen LogP contribution is -2.23. The van der Waals surface area contributed by atoms with Gasteiger partial charge in [-0.1, -0.05) is 41.9 Å². The molecule has 0 spiro atoms. The number of amides is 1. The van der Waals surface area contributed by atoms with Gasteiger partial charge in [0.25, 0.3) is 11.6 Å². The van der Waals surface area contributed by atoms with E-state index in [4.69, 9.17) is 16.3 Å². The molecule has 0 radical (unpaired) electrons. The minimum absolute atomic E-state index is 0.00444. The topological polar surface area (TPSA) is 105 Å². The van der Waals surface area contributed by atoms with Crippen molar-refractivity contribution in [1.82, 2.24) is 5.32 Å². The largest absolute Gasteiger partial charge is 0.486 e. The quantitative estimate of drug-likeness (QED) is 0.172. The summed E-state index contributed by atoms with van der Waals surface area (Å²) in [6.45, 7) is 0.454. The molecule has 0 unspecified atom stereocenters. The molecule has 1 amide bonds. The van der Waals surface area contributed by atoms with Crippen molar-refractivity contribution in [2.24, 2.45) is 0 Å². The molecule has 0 saturated carbocycles.